The molecule has 0 radical (unpaired) electrons. The quantitative estimate of drug-likeness (QED) is 0.357. The third-order valence-electron chi connectivity index (χ3n) is 5.28. The minimum absolute atomic E-state index is 0.238. The van der Waals surface area contributed by atoms with Gasteiger partial charge in [0.05, 0.1) is 23.5 Å². The number of furan rings is 1. The molecule has 0 bridgehead atoms. The average molecular weight is 453 g/mol. The molecule has 9 heteroatoms. The summed E-state index contributed by atoms with van der Waals surface area (Å²) in [4.78, 5) is 16.4. The molecule has 5 rings (SSSR count). The minimum Gasteiger partial charge on any atom is -0.469 e. The van der Waals surface area contributed by atoms with Crippen molar-refractivity contribution in [3.05, 3.63) is 84.6 Å². The topological polar surface area (TPSA) is 118 Å². The monoisotopic (exact) mass is 453 g/mol. The van der Waals surface area contributed by atoms with E-state index in [2.05, 4.69) is 21.7 Å². The van der Waals surface area contributed by atoms with Gasteiger partial charge in [0.25, 0.3) is 6.01 Å². The Labute approximate surface area is 194 Å². The van der Waals surface area contributed by atoms with Crippen LogP contribution in [-0.2, 0) is 13.6 Å². The number of carbonyl (C=O) groups excluding carboxylic acids is 1. The molecule has 1 amide bonds. The van der Waals surface area contributed by atoms with E-state index >= 15 is 0 Å². The van der Waals surface area contributed by atoms with E-state index in [4.69, 9.17) is 13.6 Å². The zero-order valence-corrected chi connectivity index (χ0v) is 18.1. The molecule has 0 unspecified atom stereocenters. The van der Waals surface area contributed by atoms with E-state index in [-0.39, 0.29) is 6.54 Å². The smallest absolute Gasteiger partial charge is 0.412 e. The van der Waals surface area contributed by atoms with E-state index in [0.717, 1.165) is 27.7 Å². The summed E-state index contributed by atoms with van der Waals surface area (Å²) in [6.45, 7) is 0.238. The van der Waals surface area contributed by atoms with Crippen LogP contribution in [0.1, 0.15) is 11.1 Å². The molecule has 0 aliphatic rings. The van der Waals surface area contributed by atoms with Gasteiger partial charge in [-0.1, -0.05) is 24.3 Å². The Balaban J connectivity index is 1.31. The number of fused-ring (bicyclic) bond motifs is 1. The number of aromatic nitrogens is 2. The Morgan fingerprint density at radius 1 is 1.24 bits per heavy atom. The molecule has 5 aromatic rings. The fourth-order valence-corrected chi connectivity index (χ4v) is 3.67. The highest BCUT2D eigenvalue weighted by molar-refractivity contribution is 5.89. The summed E-state index contributed by atoms with van der Waals surface area (Å²) in [5.74, 6) is 0.879. The number of anilines is 2. The number of nitriles is 1. The number of nitrogens with zero attached hydrogens (tertiary/aromatic N) is 3. The van der Waals surface area contributed by atoms with Crippen molar-refractivity contribution in [3.8, 4) is 23.1 Å². The van der Waals surface area contributed by atoms with Gasteiger partial charge in [-0.05, 0) is 23.8 Å². The van der Waals surface area contributed by atoms with Crippen LogP contribution >= 0.6 is 0 Å². The zero-order chi connectivity index (χ0) is 23.5. The van der Waals surface area contributed by atoms with Crippen molar-refractivity contribution in [2.75, 3.05) is 5.32 Å². The van der Waals surface area contributed by atoms with E-state index in [1.54, 1.807) is 18.5 Å². The van der Waals surface area contributed by atoms with Gasteiger partial charge in [0.15, 0.2) is 11.5 Å². The van der Waals surface area contributed by atoms with Crippen LogP contribution in [0.25, 0.3) is 22.2 Å². The van der Waals surface area contributed by atoms with Crippen LogP contribution in [0.4, 0.5) is 16.5 Å². The van der Waals surface area contributed by atoms with Crippen LogP contribution in [0, 0.1) is 11.3 Å². The first-order chi connectivity index (χ1) is 16.6. The molecule has 0 saturated carbocycles. The van der Waals surface area contributed by atoms with Gasteiger partial charge in [-0.15, -0.1) is 0 Å². The molecular weight excluding hydrogens is 434 g/mol. The van der Waals surface area contributed by atoms with E-state index in [1.165, 1.54) is 12.5 Å². The van der Waals surface area contributed by atoms with Gasteiger partial charge in [0.1, 0.15) is 12.3 Å². The second-order valence-corrected chi connectivity index (χ2v) is 7.51. The SMILES string of the molecule is Cn1cc(C#N)c2ccc(Nc3ncc(-c4ccccc4CNC(=O)Oc4ccoc4)o3)cc21. The number of amides is 1. The van der Waals surface area contributed by atoms with E-state index in [9.17, 15) is 10.1 Å². The number of nitrogens with one attached hydrogen (secondary N) is 2. The lowest BCUT2D eigenvalue weighted by molar-refractivity contribution is 0.199. The second-order valence-electron chi connectivity index (χ2n) is 7.51. The second kappa shape index (κ2) is 8.88. The predicted molar refractivity (Wildman–Crippen MR) is 124 cm³/mol. The third kappa shape index (κ3) is 4.20. The van der Waals surface area contributed by atoms with Crippen molar-refractivity contribution >= 4 is 28.7 Å². The largest absolute Gasteiger partial charge is 0.469 e. The number of oxazole rings is 1. The molecule has 168 valence electrons. The lowest BCUT2D eigenvalue weighted by atomic mass is 10.1. The van der Waals surface area contributed by atoms with Crippen molar-refractivity contribution in [1.82, 2.24) is 14.9 Å². The van der Waals surface area contributed by atoms with Crippen LogP contribution in [-0.4, -0.2) is 15.6 Å². The number of rotatable bonds is 6. The van der Waals surface area contributed by atoms with Gasteiger partial charge >= 0.3 is 6.09 Å². The van der Waals surface area contributed by atoms with Crippen LogP contribution in [0.2, 0.25) is 0 Å². The van der Waals surface area contributed by atoms with E-state index in [0.29, 0.717) is 23.1 Å². The Morgan fingerprint density at radius 3 is 2.94 bits per heavy atom. The number of hydrogen-bond donors (Lipinski definition) is 2. The maximum atomic E-state index is 12.0. The number of carbonyl (C=O) groups is 1. The molecule has 0 aliphatic carbocycles. The van der Waals surface area contributed by atoms with Crippen molar-refractivity contribution in [3.63, 3.8) is 0 Å². The minimum atomic E-state index is -0.591. The lowest BCUT2D eigenvalue weighted by Gasteiger charge is -2.09. The van der Waals surface area contributed by atoms with E-state index in [1.807, 2.05) is 54.1 Å². The van der Waals surface area contributed by atoms with Crippen molar-refractivity contribution < 1.29 is 18.4 Å². The number of benzene rings is 2. The highest BCUT2D eigenvalue weighted by Gasteiger charge is 2.13. The number of hydrogen-bond acceptors (Lipinski definition) is 7. The summed E-state index contributed by atoms with van der Waals surface area (Å²) in [7, 11) is 1.89. The van der Waals surface area contributed by atoms with Crippen molar-refractivity contribution in [2.24, 2.45) is 7.05 Å². The van der Waals surface area contributed by atoms with Crippen molar-refractivity contribution in [1.29, 1.82) is 5.26 Å². The fourth-order valence-electron chi connectivity index (χ4n) is 3.67. The summed E-state index contributed by atoms with van der Waals surface area (Å²) in [6, 6.07) is 17.3. The standard InChI is InChI=1S/C25H19N5O4/c1-30-14-17(11-26)20-7-6-18(10-22(20)30)29-24-27-13-23(34-24)21-5-3-2-4-16(21)12-28-25(31)33-19-8-9-32-15-19/h2-10,13-15H,12H2,1H3,(H,27,29)(H,28,31). The number of ether oxygens (including phenoxy) is 1. The Bertz CT molecular complexity index is 1510. The zero-order valence-electron chi connectivity index (χ0n) is 18.1. The Hall–Kier alpha value is -4.97. The molecule has 0 fully saturated rings. The van der Waals surface area contributed by atoms with Crippen LogP contribution in [0.5, 0.6) is 5.75 Å². The Morgan fingerprint density at radius 2 is 2.12 bits per heavy atom. The summed E-state index contributed by atoms with van der Waals surface area (Å²) >= 11 is 0. The molecule has 0 aliphatic heterocycles. The molecule has 3 aromatic heterocycles. The third-order valence-corrected chi connectivity index (χ3v) is 5.28. The highest BCUT2D eigenvalue weighted by atomic mass is 16.6. The van der Waals surface area contributed by atoms with Gasteiger partial charge in [-0.25, -0.2) is 9.78 Å². The molecule has 34 heavy (non-hydrogen) atoms. The van der Waals surface area contributed by atoms with Crippen molar-refractivity contribution in [2.45, 2.75) is 6.54 Å². The maximum absolute atomic E-state index is 12.0. The van der Waals surface area contributed by atoms with Crippen LogP contribution < -0.4 is 15.4 Å². The van der Waals surface area contributed by atoms with Gasteiger partial charge in [0, 0.05) is 42.5 Å². The predicted octanol–water partition coefficient (Wildman–Crippen LogP) is 5.33. The number of aryl methyl sites for hydroxylation is 1. The molecule has 9 nitrogen and oxygen atoms in total. The van der Waals surface area contributed by atoms with Crippen LogP contribution in [0.15, 0.2) is 82.3 Å². The highest BCUT2D eigenvalue weighted by Crippen LogP contribution is 2.29. The molecule has 3 heterocycles. The first kappa shape index (κ1) is 20.9. The Kier molecular flexibility index (Phi) is 5.46. The maximum Gasteiger partial charge on any atom is 0.412 e. The molecule has 0 spiro atoms. The van der Waals surface area contributed by atoms with Gasteiger partial charge in [-0.3, -0.25) is 0 Å². The fraction of sp³-hybridized carbons (Fsp3) is 0.0800. The lowest BCUT2D eigenvalue weighted by Crippen LogP contribution is -2.26. The molecule has 0 saturated heterocycles. The molecule has 2 N–H and O–H groups in total. The molecular formula is C25H19N5O4. The van der Waals surface area contributed by atoms with Gasteiger partial charge < -0.3 is 28.8 Å². The average Bonchev–Trinajstić information content (AvgIpc) is 3.59. The molecule has 2 aromatic carbocycles. The first-order valence-electron chi connectivity index (χ1n) is 10.4. The summed E-state index contributed by atoms with van der Waals surface area (Å²) < 4.78 is 17.9. The van der Waals surface area contributed by atoms with Gasteiger partial charge in [0.2, 0.25) is 0 Å². The first-order valence-corrected chi connectivity index (χ1v) is 10.4. The van der Waals surface area contributed by atoms with Gasteiger partial charge in [-0.2, -0.15) is 5.26 Å². The summed E-state index contributed by atoms with van der Waals surface area (Å²) in [6.07, 6.45) is 5.60. The van der Waals surface area contributed by atoms with E-state index < -0.39 is 6.09 Å². The summed E-state index contributed by atoms with van der Waals surface area (Å²) in [5.41, 5.74) is 3.96. The van der Waals surface area contributed by atoms with Crippen LogP contribution in [0.3, 0.4) is 0 Å². The molecule has 0 atom stereocenters. The normalized spacial score (nSPS) is 10.7. The summed E-state index contributed by atoms with van der Waals surface area (Å²) in [5, 5.41) is 16.0.